The minimum atomic E-state index is -5.08. The number of rotatable bonds is 6. The smallest absolute Gasteiger partial charge is 0.475 e. The van der Waals surface area contributed by atoms with Crippen molar-refractivity contribution in [3.05, 3.63) is 36.4 Å². The summed E-state index contributed by atoms with van der Waals surface area (Å²) in [6, 6.07) is 4.46. The molecule has 40 heavy (non-hydrogen) atoms. The van der Waals surface area contributed by atoms with Gasteiger partial charge in [-0.15, -0.1) is 5.10 Å². The topological polar surface area (TPSA) is 145 Å². The summed E-state index contributed by atoms with van der Waals surface area (Å²) in [6.45, 7) is 5.20. The van der Waals surface area contributed by atoms with Crippen LogP contribution in [0.2, 0.25) is 0 Å². The van der Waals surface area contributed by atoms with Gasteiger partial charge in [-0.3, -0.25) is 14.6 Å². The fourth-order valence-electron chi connectivity index (χ4n) is 4.21. The van der Waals surface area contributed by atoms with Gasteiger partial charge in [0.1, 0.15) is 0 Å². The van der Waals surface area contributed by atoms with Crippen LogP contribution in [-0.2, 0) is 22.7 Å². The van der Waals surface area contributed by atoms with Gasteiger partial charge in [0.05, 0.1) is 12.3 Å². The third kappa shape index (κ3) is 11.0. The van der Waals surface area contributed by atoms with E-state index in [1.807, 2.05) is 17.1 Å². The van der Waals surface area contributed by atoms with E-state index in [-0.39, 0.29) is 12.6 Å². The van der Waals surface area contributed by atoms with Gasteiger partial charge in [0.15, 0.2) is 0 Å². The maximum Gasteiger partial charge on any atom is 0.490 e. The summed E-state index contributed by atoms with van der Waals surface area (Å²) in [4.78, 5) is 26.6. The molecule has 2 aromatic heterocycles. The Morgan fingerprint density at radius 1 is 0.925 bits per heavy atom. The number of aliphatic carboxylic acids is 2. The Kier molecular flexibility index (Phi) is 12.1. The van der Waals surface area contributed by atoms with Crippen molar-refractivity contribution >= 4 is 17.6 Å². The predicted molar refractivity (Wildman–Crippen MR) is 127 cm³/mol. The Bertz CT molecular complexity index is 1040. The number of halogens is 6. The van der Waals surface area contributed by atoms with E-state index in [1.165, 1.54) is 18.5 Å². The molecule has 11 nitrogen and oxygen atoms in total. The lowest BCUT2D eigenvalue weighted by molar-refractivity contribution is -0.193. The number of aliphatic hydroxyl groups excluding tert-OH is 1. The fourth-order valence-corrected chi connectivity index (χ4v) is 4.21. The van der Waals surface area contributed by atoms with E-state index in [0.717, 1.165) is 51.3 Å². The van der Waals surface area contributed by atoms with Crippen LogP contribution in [0.1, 0.15) is 31.4 Å². The molecule has 2 saturated heterocycles. The van der Waals surface area contributed by atoms with Gasteiger partial charge in [-0.25, -0.2) is 9.59 Å². The second-order valence-electron chi connectivity index (χ2n) is 9.12. The molecule has 0 spiro atoms. The minimum Gasteiger partial charge on any atom is -0.475 e. The first kappa shape index (κ1) is 32.7. The lowest BCUT2D eigenvalue weighted by Gasteiger charge is -2.33. The molecular formula is C23H30F6N6O5. The molecule has 4 heterocycles. The lowest BCUT2D eigenvalue weighted by atomic mass is 9.96. The van der Waals surface area contributed by atoms with Gasteiger partial charge in [0.25, 0.3) is 0 Å². The zero-order valence-electron chi connectivity index (χ0n) is 21.2. The second kappa shape index (κ2) is 14.8. The second-order valence-corrected chi connectivity index (χ2v) is 9.12. The molecule has 4 rings (SSSR count). The zero-order chi connectivity index (χ0) is 29.9. The number of aliphatic hydroxyl groups is 1. The van der Waals surface area contributed by atoms with Crippen molar-refractivity contribution in [2.75, 3.05) is 31.1 Å². The molecule has 2 fully saturated rings. The maximum atomic E-state index is 10.6. The van der Waals surface area contributed by atoms with Crippen molar-refractivity contribution in [2.45, 2.75) is 57.2 Å². The maximum absolute atomic E-state index is 10.6. The highest BCUT2D eigenvalue weighted by atomic mass is 19.4. The lowest BCUT2D eigenvalue weighted by Crippen LogP contribution is -2.35. The van der Waals surface area contributed by atoms with Crippen LogP contribution in [0, 0.1) is 5.92 Å². The molecule has 0 saturated carbocycles. The number of hydrogen-bond acceptors (Lipinski definition) is 8. The minimum absolute atomic E-state index is 0.240. The van der Waals surface area contributed by atoms with Crippen molar-refractivity contribution in [2.24, 2.45) is 5.92 Å². The number of anilines is 1. The molecule has 1 atom stereocenters. The van der Waals surface area contributed by atoms with E-state index in [9.17, 15) is 31.4 Å². The number of alkyl halides is 6. The van der Waals surface area contributed by atoms with Crippen LogP contribution in [0.15, 0.2) is 30.7 Å². The van der Waals surface area contributed by atoms with Gasteiger partial charge in [-0.1, -0.05) is 5.21 Å². The number of hydrogen-bond donors (Lipinski definition) is 3. The van der Waals surface area contributed by atoms with Gasteiger partial charge in [0.2, 0.25) is 0 Å². The van der Waals surface area contributed by atoms with Crippen molar-refractivity contribution in [3.8, 4) is 0 Å². The van der Waals surface area contributed by atoms with Crippen LogP contribution in [0.25, 0.3) is 0 Å². The number of likely N-dealkylation sites (tertiary alicyclic amines) is 1. The summed E-state index contributed by atoms with van der Waals surface area (Å²) in [5.41, 5.74) is 2.28. The zero-order valence-corrected chi connectivity index (χ0v) is 21.2. The molecule has 0 radical (unpaired) electrons. The average Bonchev–Trinajstić information content (AvgIpc) is 3.54. The van der Waals surface area contributed by atoms with Crippen LogP contribution in [0.3, 0.4) is 0 Å². The average molecular weight is 585 g/mol. The van der Waals surface area contributed by atoms with Crippen molar-refractivity contribution < 1.29 is 51.3 Å². The number of aromatic nitrogens is 4. The Labute approximate surface area is 225 Å². The first-order chi connectivity index (χ1) is 18.7. The number of nitrogens with zero attached hydrogens (tertiary/aromatic N) is 6. The number of carboxylic acid groups (broad SMARTS) is 2. The van der Waals surface area contributed by atoms with Gasteiger partial charge in [0, 0.05) is 56.5 Å². The predicted octanol–water partition coefficient (Wildman–Crippen LogP) is 2.81. The number of pyridine rings is 1. The summed E-state index contributed by atoms with van der Waals surface area (Å²) in [5.74, 6) is -4.86. The Balaban J connectivity index is 0.000000333. The number of carbonyl (C=O) groups is 2. The molecule has 2 aromatic rings. The molecule has 224 valence electrons. The van der Waals surface area contributed by atoms with Crippen LogP contribution in [0.5, 0.6) is 0 Å². The van der Waals surface area contributed by atoms with Gasteiger partial charge in [-0.05, 0) is 50.3 Å². The highest BCUT2D eigenvalue weighted by Gasteiger charge is 2.38. The van der Waals surface area contributed by atoms with Crippen LogP contribution >= 0.6 is 0 Å². The summed E-state index contributed by atoms with van der Waals surface area (Å²) in [5, 5.41) is 32.4. The Morgan fingerprint density at radius 3 is 1.98 bits per heavy atom. The SMILES string of the molecule is O=C(O)C(F)(F)F.O=C(O)C(F)(F)F.OC[C@@H]1CCCN1Cc1cn(CC2CCN(c3ccncc3)CC2)nn1. The number of carboxylic acids is 2. The van der Waals surface area contributed by atoms with E-state index in [2.05, 4.69) is 43.4 Å². The number of piperidine rings is 1. The molecule has 0 aromatic carbocycles. The van der Waals surface area contributed by atoms with E-state index in [4.69, 9.17) is 19.8 Å². The molecule has 0 bridgehead atoms. The fraction of sp³-hybridized carbons (Fsp3) is 0.609. The first-order valence-corrected chi connectivity index (χ1v) is 12.2. The molecule has 0 amide bonds. The molecule has 0 unspecified atom stereocenters. The normalized spacial score (nSPS) is 18.4. The third-order valence-electron chi connectivity index (χ3n) is 6.23. The highest BCUT2D eigenvalue weighted by molar-refractivity contribution is 5.73. The summed E-state index contributed by atoms with van der Waals surface area (Å²) in [7, 11) is 0. The van der Waals surface area contributed by atoms with Crippen molar-refractivity contribution in [3.63, 3.8) is 0 Å². The Hall–Kier alpha value is -3.47. The van der Waals surface area contributed by atoms with E-state index in [1.54, 1.807) is 0 Å². The summed E-state index contributed by atoms with van der Waals surface area (Å²) >= 11 is 0. The van der Waals surface area contributed by atoms with Gasteiger partial charge in [-0.2, -0.15) is 26.3 Å². The molecule has 2 aliphatic heterocycles. The first-order valence-electron chi connectivity index (χ1n) is 12.2. The third-order valence-corrected chi connectivity index (χ3v) is 6.23. The largest absolute Gasteiger partial charge is 0.490 e. The quantitative estimate of drug-likeness (QED) is 0.434. The van der Waals surface area contributed by atoms with Crippen LogP contribution in [-0.4, -0.2) is 96.8 Å². The summed E-state index contributed by atoms with van der Waals surface area (Å²) < 4.78 is 65.5. The Morgan fingerprint density at radius 2 is 1.48 bits per heavy atom. The van der Waals surface area contributed by atoms with Crippen molar-refractivity contribution in [1.29, 1.82) is 0 Å². The van der Waals surface area contributed by atoms with Gasteiger partial charge < -0.3 is 20.2 Å². The molecule has 2 aliphatic rings. The molecule has 3 N–H and O–H groups in total. The van der Waals surface area contributed by atoms with E-state index < -0.39 is 24.3 Å². The van der Waals surface area contributed by atoms with Crippen molar-refractivity contribution in [1.82, 2.24) is 24.9 Å². The summed E-state index contributed by atoms with van der Waals surface area (Å²) in [6.07, 6.45) is 0.241. The van der Waals surface area contributed by atoms with Crippen LogP contribution < -0.4 is 4.90 Å². The van der Waals surface area contributed by atoms with E-state index in [0.29, 0.717) is 5.92 Å². The monoisotopic (exact) mass is 584 g/mol. The van der Waals surface area contributed by atoms with Gasteiger partial charge >= 0.3 is 24.3 Å². The molecule has 0 aliphatic carbocycles. The molecule has 17 heteroatoms. The standard InChI is InChI=1S/C19H28N6O.2C2HF3O2/c26-15-19-2-1-9-24(19)13-17-14-25(22-21-17)12-16-5-10-23(11-6-16)18-3-7-20-8-4-18;2*3-2(4,5)1(6)7/h3-4,7-8,14,16,19,26H,1-2,5-6,9-13,15H2;2*(H,6,7)/t19-;;/m0../s1. The van der Waals surface area contributed by atoms with Crippen LogP contribution in [0.4, 0.5) is 32.0 Å². The highest BCUT2D eigenvalue weighted by Crippen LogP contribution is 2.24. The molecular weight excluding hydrogens is 554 g/mol. The van der Waals surface area contributed by atoms with E-state index >= 15 is 0 Å².